The first kappa shape index (κ1) is 22.6. The minimum atomic E-state index is -0.480. The molecule has 3 rings (SSSR count). The van der Waals surface area contributed by atoms with Crippen LogP contribution in [0.3, 0.4) is 0 Å². The largest absolute Gasteiger partial charge is 0.488 e. The van der Waals surface area contributed by atoms with Gasteiger partial charge in [0.1, 0.15) is 19.0 Å². The fraction of sp³-hybridized carbons (Fsp3) is 0.435. The molecule has 2 aromatic carbocycles. The summed E-state index contributed by atoms with van der Waals surface area (Å²) in [5.41, 5.74) is 3.04. The summed E-state index contributed by atoms with van der Waals surface area (Å²) in [5.74, 6) is 0.751. The maximum atomic E-state index is 10.1. The Balaban J connectivity index is 1.64. The lowest BCUT2D eigenvalue weighted by molar-refractivity contribution is -0.113. The molecule has 0 amide bonds. The number of aliphatic hydroxyl groups is 2. The van der Waals surface area contributed by atoms with E-state index in [2.05, 4.69) is 5.16 Å². The summed E-state index contributed by atoms with van der Waals surface area (Å²) >= 11 is 6.43. The number of hydrogen-bond donors (Lipinski definition) is 2. The molecule has 1 heterocycles. The van der Waals surface area contributed by atoms with Crippen LogP contribution in [0.4, 0.5) is 0 Å². The molecule has 162 valence electrons. The van der Waals surface area contributed by atoms with E-state index in [-0.39, 0.29) is 18.8 Å². The monoisotopic (exact) mass is 433 g/mol. The summed E-state index contributed by atoms with van der Waals surface area (Å²) in [7, 11) is 0. The molecular formula is C23H28ClNO5. The fourth-order valence-corrected chi connectivity index (χ4v) is 3.65. The second-order valence-corrected chi connectivity index (χ2v) is 7.65. The predicted molar refractivity (Wildman–Crippen MR) is 116 cm³/mol. The highest BCUT2D eigenvalue weighted by atomic mass is 35.5. The smallest absolute Gasteiger partial charge is 0.127 e. The number of hydrogen-bond acceptors (Lipinski definition) is 6. The first-order chi connectivity index (χ1) is 14.6. The zero-order valence-electron chi connectivity index (χ0n) is 17.0. The van der Waals surface area contributed by atoms with Crippen molar-refractivity contribution in [1.29, 1.82) is 0 Å². The Hall–Kier alpha value is -2.12. The quantitative estimate of drug-likeness (QED) is 0.463. The highest BCUT2D eigenvalue weighted by Crippen LogP contribution is 2.33. The summed E-state index contributed by atoms with van der Waals surface area (Å²) in [5, 5.41) is 23.9. The molecule has 30 heavy (non-hydrogen) atoms. The molecule has 0 aromatic heterocycles. The van der Waals surface area contributed by atoms with Gasteiger partial charge in [-0.05, 0) is 48.2 Å². The van der Waals surface area contributed by atoms with E-state index in [1.807, 2.05) is 49.4 Å². The van der Waals surface area contributed by atoms with E-state index in [0.717, 1.165) is 22.4 Å². The molecule has 1 aliphatic heterocycles. The Morgan fingerprint density at radius 2 is 2.00 bits per heavy atom. The highest BCUT2D eigenvalue weighted by Gasteiger charge is 2.29. The van der Waals surface area contributed by atoms with Gasteiger partial charge < -0.3 is 24.5 Å². The predicted octanol–water partition coefficient (Wildman–Crippen LogP) is 3.91. The zero-order valence-corrected chi connectivity index (χ0v) is 17.8. The third-order valence-corrected chi connectivity index (χ3v) is 5.31. The van der Waals surface area contributed by atoms with E-state index in [0.29, 0.717) is 37.5 Å². The van der Waals surface area contributed by atoms with E-state index >= 15 is 0 Å². The number of aliphatic hydroxyl groups excluding tert-OH is 2. The molecule has 1 fully saturated rings. The van der Waals surface area contributed by atoms with Crippen LogP contribution in [0, 0.1) is 0 Å². The molecule has 3 unspecified atom stereocenters. The van der Waals surface area contributed by atoms with Crippen molar-refractivity contribution >= 4 is 17.8 Å². The third kappa shape index (κ3) is 6.44. The van der Waals surface area contributed by atoms with Gasteiger partial charge in [0, 0.05) is 17.9 Å². The Bertz CT molecular complexity index is 827. The number of rotatable bonds is 9. The van der Waals surface area contributed by atoms with Gasteiger partial charge >= 0.3 is 0 Å². The average molecular weight is 434 g/mol. The molecule has 3 atom stereocenters. The third-order valence-electron chi connectivity index (χ3n) is 4.94. The summed E-state index contributed by atoms with van der Waals surface area (Å²) in [6, 6.07) is 13.6. The van der Waals surface area contributed by atoms with Gasteiger partial charge in [-0.2, -0.15) is 0 Å². The van der Waals surface area contributed by atoms with Crippen molar-refractivity contribution < 1.29 is 24.5 Å². The second-order valence-electron chi connectivity index (χ2n) is 7.24. The van der Waals surface area contributed by atoms with Gasteiger partial charge in [0.05, 0.1) is 31.1 Å². The summed E-state index contributed by atoms with van der Waals surface area (Å²) in [6.45, 7) is 2.65. The highest BCUT2D eigenvalue weighted by molar-refractivity contribution is 6.31. The second kappa shape index (κ2) is 11.3. The maximum Gasteiger partial charge on any atom is 0.127 e. The Kier molecular flexibility index (Phi) is 8.51. The zero-order chi connectivity index (χ0) is 21.3. The molecule has 6 nitrogen and oxygen atoms in total. The van der Waals surface area contributed by atoms with Crippen molar-refractivity contribution in [3.63, 3.8) is 0 Å². The van der Waals surface area contributed by atoms with Crippen LogP contribution in [0.2, 0.25) is 5.02 Å². The molecule has 1 saturated heterocycles. The number of benzene rings is 2. The van der Waals surface area contributed by atoms with Gasteiger partial charge in [-0.15, -0.1) is 0 Å². The molecule has 7 heteroatoms. The molecule has 0 spiro atoms. The van der Waals surface area contributed by atoms with Crippen molar-refractivity contribution in [2.75, 3.05) is 19.8 Å². The van der Waals surface area contributed by atoms with E-state index in [1.54, 1.807) is 6.21 Å². The van der Waals surface area contributed by atoms with Gasteiger partial charge in [-0.3, -0.25) is 0 Å². The standard InChI is InChI=1S/C23H28ClNO5/c1-2-29-25-9-10-28-20-6-3-16(4-7-20)11-18-12-17(5-8-22(18)24)23-14-19(27)13-21(15-26)30-23/h3-9,12,19,21,23,26-27H,2,10-11,13-15H2,1H3/b25-9+. The molecule has 0 bridgehead atoms. The maximum absolute atomic E-state index is 10.1. The van der Waals surface area contributed by atoms with Crippen LogP contribution < -0.4 is 4.74 Å². The summed E-state index contributed by atoms with van der Waals surface area (Å²) in [6.07, 6.45) is 2.13. The van der Waals surface area contributed by atoms with Gasteiger partial charge in [-0.1, -0.05) is 41.0 Å². The van der Waals surface area contributed by atoms with Gasteiger partial charge in [-0.25, -0.2) is 0 Å². The lowest BCUT2D eigenvalue weighted by Gasteiger charge is -2.32. The molecule has 2 aromatic rings. The van der Waals surface area contributed by atoms with E-state index in [4.69, 9.17) is 25.9 Å². The lowest BCUT2D eigenvalue weighted by atomic mass is 9.94. The topological polar surface area (TPSA) is 80.5 Å². The number of ether oxygens (including phenoxy) is 2. The fourth-order valence-electron chi connectivity index (χ4n) is 3.47. The van der Waals surface area contributed by atoms with Crippen LogP contribution in [0.25, 0.3) is 0 Å². The van der Waals surface area contributed by atoms with Crippen LogP contribution in [0.1, 0.15) is 42.6 Å². The van der Waals surface area contributed by atoms with Gasteiger partial charge in [0.15, 0.2) is 0 Å². The summed E-state index contributed by atoms with van der Waals surface area (Å²) in [4.78, 5) is 4.88. The van der Waals surface area contributed by atoms with Crippen LogP contribution in [0.15, 0.2) is 47.6 Å². The van der Waals surface area contributed by atoms with E-state index in [1.165, 1.54) is 0 Å². The number of oxime groups is 1. The lowest BCUT2D eigenvalue weighted by Crippen LogP contribution is -2.33. The van der Waals surface area contributed by atoms with Crippen LogP contribution in [-0.4, -0.2) is 48.5 Å². The molecule has 2 N–H and O–H groups in total. The van der Waals surface area contributed by atoms with E-state index in [9.17, 15) is 10.2 Å². The molecular weight excluding hydrogens is 406 g/mol. The molecule has 1 aliphatic rings. The Morgan fingerprint density at radius 3 is 2.73 bits per heavy atom. The Labute approximate surface area is 182 Å². The molecule has 0 radical (unpaired) electrons. The summed E-state index contributed by atoms with van der Waals surface area (Å²) < 4.78 is 11.5. The average Bonchev–Trinajstić information content (AvgIpc) is 2.75. The van der Waals surface area contributed by atoms with Crippen LogP contribution in [0.5, 0.6) is 5.75 Å². The van der Waals surface area contributed by atoms with Crippen molar-refractivity contribution in [2.45, 2.75) is 44.5 Å². The number of halogens is 1. The molecule has 0 aliphatic carbocycles. The van der Waals surface area contributed by atoms with Crippen LogP contribution in [-0.2, 0) is 16.0 Å². The van der Waals surface area contributed by atoms with Gasteiger partial charge in [0.25, 0.3) is 0 Å². The SMILES string of the molecule is CCO/N=C/COc1ccc(Cc2cc(C3CC(O)CC(CO)O3)ccc2Cl)cc1. The van der Waals surface area contributed by atoms with Crippen molar-refractivity contribution in [3.8, 4) is 5.75 Å². The van der Waals surface area contributed by atoms with Crippen LogP contribution >= 0.6 is 11.6 Å². The van der Waals surface area contributed by atoms with Gasteiger partial charge in [0.2, 0.25) is 0 Å². The minimum absolute atomic E-state index is 0.0973. The molecule has 0 saturated carbocycles. The minimum Gasteiger partial charge on any atom is -0.488 e. The van der Waals surface area contributed by atoms with Crippen molar-refractivity contribution in [3.05, 3.63) is 64.2 Å². The first-order valence-corrected chi connectivity index (χ1v) is 10.5. The first-order valence-electron chi connectivity index (χ1n) is 10.2. The normalized spacial score (nSPS) is 21.7. The van der Waals surface area contributed by atoms with Crippen molar-refractivity contribution in [2.24, 2.45) is 5.16 Å². The van der Waals surface area contributed by atoms with E-state index < -0.39 is 6.10 Å². The Morgan fingerprint density at radius 1 is 1.20 bits per heavy atom. The van der Waals surface area contributed by atoms with Crippen molar-refractivity contribution in [1.82, 2.24) is 0 Å². The number of nitrogens with zero attached hydrogens (tertiary/aromatic N) is 1.